The van der Waals surface area contributed by atoms with E-state index in [0.717, 1.165) is 11.3 Å². The van der Waals surface area contributed by atoms with Gasteiger partial charge in [0.1, 0.15) is 17.3 Å². The number of ether oxygens (including phenoxy) is 1. The second-order valence-corrected chi connectivity index (χ2v) is 5.89. The molecule has 0 aliphatic carbocycles. The smallest absolute Gasteiger partial charge is 0.229 e. The molecule has 0 saturated heterocycles. The molecule has 3 rings (SSSR count). The monoisotopic (exact) mass is 407 g/mol. The molecule has 3 N–H and O–H groups in total. The maximum absolute atomic E-state index is 15.3. The molecule has 0 spiro atoms. The van der Waals surface area contributed by atoms with Gasteiger partial charge in [0.15, 0.2) is 5.82 Å². The van der Waals surface area contributed by atoms with E-state index in [1.165, 1.54) is 11.8 Å². The zero-order valence-corrected chi connectivity index (χ0v) is 16.9. The lowest BCUT2D eigenvalue weighted by Crippen LogP contribution is -2.07. The number of rotatable bonds is 7. The van der Waals surface area contributed by atoms with E-state index in [9.17, 15) is 0 Å². The van der Waals surface area contributed by atoms with Crippen LogP contribution in [-0.4, -0.2) is 41.0 Å². The van der Waals surface area contributed by atoms with Crippen LogP contribution in [0.1, 0.15) is 11.3 Å². The fourth-order valence-corrected chi connectivity index (χ4v) is 2.67. The van der Waals surface area contributed by atoms with Crippen molar-refractivity contribution in [2.45, 2.75) is 13.5 Å². The van der Waals surface area contributed by atoms with Gasteiger partial charge in [-0.25, -0.2) is 14.1 Å². The summed E-state index contributed by atoms with van der Waals surface area (Å²) in [6.45, 7) is 2.47. The predicted molar refractivity (Wildman–Crippen MR) is 110 cm³/mol. The van der Waals surface area contributed by atoms with Crippen molar-refractivity contribution in [3.05, 3.63) is 47.7 Å². The highest BCUT2D eigenvalue weighted by Gasteiger charge is 2.18. The Morgan fingerprint density at radius 2 is 2.00 bits per heavy atom. The van der Waals surface area contributed by atoms with Gasteiger partial charge in [-0.05, 0) is 26.1 Å². The largest absolute Gasteiger partial charge is 0.494 e. The summed E-state index contributed by atoms with van der Waals surface area (Å²) in [6.07, 6.45) is 3.43. The molecular formula is C18H23ClFN7O. The first kappa shape index (κ1) is 21.4. The number of aromatic nitrogens is 4. The summed E-state index contributed by atoms with van der Waals surface area (Å²) in [5.41, 5.74) is 2.13. The lowest BCUT2D eigenvalue weighted by atomic mass is 10.2. The van der Waals surface area contributed by atoms with Crippen molar-refractivity contribution >= 4 is 29.9 Å². The number of hydrogen-bond donors (Lipinski definition) is 3. The highest BCUT2D eigenvalue weighted by atomic mass is 35.5. The fraction of sp³-hybridized carbons (Fsp3) is 0.278. The van der Waals surface area contributed by atoms with Gasteiger partial charge in [-0.1, -0.05) is 0 Å². The molecule has 0 atom stereocenters. The zero-order chi connectivity index (χ0) is 19.4. The minimum Gasteiger partial charge on any atom is -0.494 e. The van der Waals surface area contributed by atoms with Gasteiger partial charge >= 0.3 is 0 Å². The van der Waals surface area contributed by atoms with E-state index in [1.807, 2.05) is 14.0 Å². The van der Waals surface area contributed by atoms with Crippen LogP contribution in [-0.2, 0) is 6.54 Å². The van der Waals surface area contributed by atoms with Crippen molar-refractivity contribution in [3.8, 4) is 11.4 Å². The number of aryl methyl sites for hydroxylation is 1. The van der Waals surface area contributed by atoms with Gasteiger partial charge in [0.05, 0.1) is 19.0 Å². The van der Waals surface area contributed by atoms with Crippen molar-refractivity contribution in [1.29, 1.82) is 0 Å². The number of anilines is 3. The van der Waals surface area contributed by atoms with Crippen molar-refractivity contribution < 1.29 is 9.13 Å². The Morgan fingerprint density at radius 1 is 1.21 bits per heavy atom. The summed E-state index contributed by atoms with van der Waals surface area (Å²) in [4.78, 5) is 8.60. The molecule has 10 heteroatoms. The highest BCUT2D eigenvalue weighted by molar-refractivity contribution is 5.85. The topological polar surface area (TPSA) is 88.9 Å². The van der Waals surface area contributed by atoms with Crippen LogP contribution in [0.4, 0.5) is 21.8 Å². The van der Waals surface area contributed by atoms with E-state index in [1.54, 1.807) is 37.6 Å². The summed E-state index contributed by atoms with van der Waals surface area (Å²) in [6, 6.07) is 5.06. The van der Waals surface area contributed by atoms with Crippen molar-refractivity contribution in [2.75, 3.05) is 31.8 Å². The lowest BCUT2D eigenvalue weighted by Gasteiger charge is -2.14. The van der Waals surface area contributed by atoms with E-state index in [0.29, 0.717) is 24.1 Å². The van der Waals surface area contributed by atoms with Crippen LogP contribution in [0, 0.1) is 12.7 Å². The van der Waals surface area contributed by atoms with Crippen LogP contribution in [0.3, 0.4) is 0 Å². The Bertz CT molecular complexity index is 948. The molecule has 3 aromatic rings. The molecule has 28 heavy (non-hydrogen) atoms. The van der Waals surface area contributed by atoms with Crippen LogP contribution in [0.5, 0.6) is 5.75 Å². The number of nitrogens with one attached hydrogen (secondary N) is 3. The third kappa shape index (κ3) is 4.49. The lowest BCUT2D eigenvalue weighted by molar-refractivity contribution is 0.407. The molecule has 0 saturated carbocycles. The van der Waals surface area contributed by atoms with Gasteiger partial charge in [-0.15, -0.1) is 12.4 Å². The first-order valence-electron chi connectivity index (χ1n) is 8.41. The van der Waals surface area contributed by atoms with E-state index >= 15 is 4.39 Å². The Morgan fingerprint density at radius 3 is 2.68 bits per heavy atom. The van der Waals surface area contributed by atoms with Crippen LogP contribution < -0.4 is 20.7 Å². The molecule has 150 valence electrons. The van der Waals surface area contributed by atoms with Gasteiger partial charge in [-0.3, -0.25) is 0 Å². The molecule has 1 aromatic carbocycles. The third-order valence-corrected chi connectivity index (χ3v) is 3.90. The number of benzene rings is 1. The fourth-order valence-electron chi connectivity index (χ4n) is 2.67. The second-order valence-electron chi connectivity index (χ2n) is 5.89. The van der Waals surface area contributed by atoms with Gasteiger partial charge in [0, 0.05) is 37.1 Å². The third-order valence-electron chi connectivity index (χ3n) is 3.90. The van der Waals surface area contributed by atoms with Gasteiger partial charge < -0.3 is 20.7 Å². The molecular weight excluding hydrogens is 385 g/mol. The first-order valence-corrected chi connectivity index (χ1v) is 8.41. The van der Waals surface area contributed by atoms with Crippen molar-refractivity contribution in [1.82, 2.24) is 25.1 Å². The van der Waals surface area contributed by atoms with Gasteiger partial charge in [0.2, 0.25) is 5.95 Å². The molecule has 0 amide bonds. The number of hydrogen-bond acceptors (Lipinski definition) is 7. The van der Waals surface area contributed by atoms with E-state index < -0.39 is 5.82 Å². The van der Waals surface area contributed by atoms with Gasteiger partial charge in [0.25, 0.3) is 0 Å². The molecule has 2 aromatic heterocycles. The zero-order valence-electron chi connectivity index (χ0n) is 16.1. The molecule has 0 radical (unpaired) electrons. The predicted octanol–water partition coefficient (Wildman–Crippen LogP) is 3.04. The molecule has 0 aliphatic rings. The number of halogens is 2. The maximum atomic E-state index is 15.3. The molecule has 2 heterocycles. The number of nitrogens with zero attached hydrogens (tertiary/aromatic N) is 4. The molecule has 8 nitrogen and oxygen atoms in total. The van der Waals surface area contributed by atoms with E-state index in [-0.39, 0.29) is 23.8 Å². The number of methoxy groups -OCH3 is 1. The summed E-state index contributed by atoms with van der Waals surface area (Å²) in [5, 5.41) is 13.2. The normalized spacial score (nSPS) is 10.3. The Balaban J connectivity index is 0.00000280. The summed E-state index contributed by atoms with van der Waals surface area (Å²) >= 11 is 0. The Labute approximate surface area is 168 Å². The van der Waals surface area contributed by atoms with Crippen LogP contribution >= 0.6 is 12.4 Å². The molecule has 0 unspecified atom stereocenters. The van der Waals surface area contributed by atoms with Crippen LogP contribution in [0.15, 0.2) is 30.6 Å². The quantitative estimate of drug-likeness (QED) is 0.554. The summed E-state index contributed by atoms with van der Waals surface area (Å²) < 4.78 is 22.1. The Hall–Kier alpha value is -2.91. The standard InChI is InChI=1S/C18H22FN7O.ClH/c1-11-7-15(21-3)25-18(23-11)24-13-5-6-14(27-4)17(16(13)19)26-10-12(8-20-2)9-22-26;/h5-7,9-10,20H,8H2,1-4H3,(H2,21,23,24,25);1H. The maximum Gasteiger partial charge on any atom is 0.229 e. The molecule has 0 fully saturated rings. The average molecular weight is 408 g/mol. The van der Waals surface area contributed by atoms with E-state index in [4.69, 9.17) is 4.74 Å². The second kappa shape index (κ2) is 9.34. The van der Waals surface area contributed by atoms with Crippen LogP contribution in [0.2, 0.25) is 0 Å². The van der Waals surface area contributed by atoms with E-state index in [2.05, 4.69) is 31.0 Å². The summed E-state index contributed by atoms with van der Waals surface area (Å²) in [7, 11) is 5.09. The minimum absolute atomic E-state index is 0. The SMILES string of the molecule is CNCc1cnn(-c2c(OC)ccc(Nc3nc(C)cc(NC)n3)c2F)c1.Cl. The van der Waals surface area contributed by atoms with Crippen LogP contribution in [0.25, 0.3) is 5.69 Å². The highest BCUT2D eigenvalue weighted by Crippen LogP contribution is 2.32. The first-order chi connectivity index (χ1) is 13.0. The minimum atomic E-state index is -0.510. The van der Waals surface area contributed by atoms with Crippen molar-refractivity contribution in [3.63, 3.8) is 0 Å². The molecule has 0 bridgehead atoms. The van der Waals surface area contributed by atoms with Gasteiger partial charge in [-0.2, -0.15) is 10.1 Å². The summed E-state index contributed by atoms with van der Waals surface area (Å²) in [5.74, 6) is 0.802. The molecule has 0 aliphatic heterocycles. The average Bonchev–Trinajstić information content (AvgIpc) is 3.11. The Kier molecular flexibility index (Phi) is 7.13. The van der Waals surface area contributed by atoms with Crippen molar-refractivity contribution in [2.24, 2.45) is 0 Å².